The predicted octanol–water partition coefficient (Wildman–Crippen LogP) is 6.87. The van der Waals surface area contributed by atoms with E-state index in [0.29, 0.717) is 5.92 Å². The molecule has 0 amide bonds. The lowest BCUT2D eigenvalue weighted by atomic mass is 9.43. The molecule has 2 heterocycles. The van der Waals surface area contributed by atoms with Gasteiger partial charge in [-0.05, 0) is 47.7 Å². The quantitative estimate of drug-likeness (QED) is 0.303. The molecule has 0 bridgehead atoms. The molecule has 4 heteroatoms. The van der Waals surface area contributed by atoms with Gasteiger partial charge in [0.05, 0.1) is 21.4 Å². The van der Waals surface area contributed by atoms with E-state index in [2.05, 4.69) is 53.5 Å². The molecule has 152 valence electrons. The molecular formula is C28H23B2NO. The van der Waals surface area contributed by atoms with Crippen LogP contribution in [0.3, 0.4) is 0 Å². The third-order valence-electron chi connectivity index (χ3n) is 7.20. The van der Waals surface area contributed by atoms with Crippen LogP contribution >= 0.6 is 0 Å². The maximum atomic E-state index is 6.70. The Hall–Kier alpha value is -3.00. The summed E-state index contributed by atoms with van der Waals surface area (Å²) in [6.07, 6.45) is 7.70. The first-order valence-electron chi connectivity index (χ1n) is 11.5. The average Bonchev–Trinajstić information content (AvgIpc) is 3.23. The summed E-state index contributed by atoms with van der Waals surface area (Å²) in [6.45, 7) is 0. The molecule has 0 atom stereocenters. The van der Waals surface area contributed by atoms with Crippen molar-refractivity contribution in [3.8, 4) is 11.3 Å². The molecule has 32 heavy (non-hydrogen) atoms. The summed E-state index contributed by atoms with van der Waals surface area (Å²) in [6, 6.07) is 22.9. The second-order valence-corrected chi connectivity index (χ2v) is 9.17. The van der Waals surface area contributed by atoms with E-state index in [1.54, 1.807) is 0 Å². The van der Waals surface area contributed by atoms with Crippen LogP contribution in [-0.4, -0.2) is 20.7 Å². The van der Waals surface area contributed by atoms with Crippen LogP contribution < -0.4 is 0 Å². The highest BCUT2D eigenvalue weighted by atomic mass is 16.3. The second kappa shape index (κ2) is 7.55. The van der Waals surface area contributed by atoms with Crippen LogP contribution in [-0.2, 0) is 5.21 Å². The molecule has 2 aromatic heterocycles. The summed E-state index contributed by atoms with van der Waals surface area (Å²) in [7, 11) is 13.4. The molecule has 2 nitrogen and oxygen atoms in total. The highest BCUT2D eigenvalue weighted by Crippen LogP contribution is 2.39. The van der Waals surface area contributed by atoms with Crippen molar-refractivity contribution < 1.29 is 4.42 Å². The van der Waals surface area contributed by atoms with Crippen molar-refractivity contribution in [2.45, 2.75) is 37.3 Å². The Labute approximate surface area is 190 Å². The van der Waals surface area contributed by atoms with E-state index < -0.39 is 5.21 Å². The number of hydrogen-bond donors (Lipinski definition) is 0. The summed E-state index contributed by atoms with van der Waals surface area (Å²) >= 11 is 0. The number of rotatable bonds is 3. The van der Waals surface area contributed by atoms with Crippen molar-refractivity contribution in [1.29, 1.82) is 0 Å². The van der Waals surface area contributed by atoms with Gasteiger partial charge in [-0.15, -0.1) is 0 Å². The lowest BCUT2D eigenvalue weighted by Crippen LogP contribution is -2.37. The molecule has 6 rings (SSSR count). The van der Waals surface area contributed by atoms with Crippen LogP contribution in [0.1, 0.15) is 37.7 Å². The highest BCUT2D eigenvalue weighted by Gasteiger charge is 2.31. The minimum atomic E-state index is -0.830. The second-order valence-electron chi connectivity index (χ2n) is 9.17. The van der Waals surface area contributed by atoms with Crippen LogP contribution in [0.2, 0.25) is 0 Å². The van der Waals surface area contributed by atoms with E-state index in [1.165, 1.54) is 24.6 Å². The first-order valence-corrected chi connectivity index (χ1v) is 11.5. The van der Waals surface area contributed by atoms with Gasteiger partial charge < -0.3 is 4.42 Å². The molecule has 3 aromatic carbocycles. The average molecular weight is 411 g/mol. The Morgan fingerprint density at radius 1 is 0.812 bits per heavy atom. The fourth-order valence-corrected chi connectivity index (χ4v) is 5.34. The number of fused-ring (bicyclic) bond motifs is 5. The number of aromatic nitrogens is 1. The van der Waals surface area contributed by atoms with Crippen molar-refractivity contribution in [2.75, 3.05) is 0 Å². The van der Waals surface area contributed by atoms with Crippen LogP contribution in [0.25, 0.3) is 44.0 Å². The van der Waals surface area contributed by atoms with Gasteiger partial charge in [-0.25, -0.2) is 0 Å². The number of benzene rings is 3. The number of nitrogens with zero attached hydrogens (tertiary/aromatic N) is 1. The summed E-state index contributed by atoms with van der Waals surface area (Å²) in [5.41, 5.74) is 4.69. The van der Waals surface area contributed by atoms with Gasteiger partial charge in [0.15, 0.2) is 0 Å². The minimum Gasteiger partial charge on any atom is -0.455 e. The largest absolute Gasteiger partial charge is 0.455 e. The first-order chi connectivity index (χ1) is 15.6. The Kier molecular flexibility index (Phi) is 4.64. The summed E-state index contributed by atoms with van der Waals surface area (Å²) in [5.74, 6) is 0.306. The zero-order valence-corrected chi connectivity index (χ0v) is 18.1. The van der Waals surface area contributed by atoms with Crippen molar-refractivity contribution in [2.24, 2.45) is 5.92 Å². The molecule has 1 aliphatic carbocycles. The topological polar surface area (TPSA) is 26.0 Å². The summed E-state index contributed by atoms with van der Waals surface area (Å²) < 4.78 is 6.25. The Morgan fingerprint density at radius 3 is 2.53 bits per heavy atom. The number of furan rings is 1. The predicted molar refractivity (Wildman–Crippen MR) is 134 cm³/mol. The van der Waals surface area contributed by atoms with Gasteiger partial charge in [-0.2, -0.15) is 0 Å². The van der Waals surface area contributed by atoms with Crippen LogP contribution in [0.15, 0.2) is 77.3 Å². The molecule has 1 aliphatic rings. The smallest absolute Gasteiger partial charge is 0.143 e. The lowest BCUT2D eigenvalue weighted by Gasteiger charge is -2.38. The standard InChI is InChI=1S/C28H23B2NO/c29-28(30,20-7-2-1-3-8-20)21-14-15-31-25(17-21)19-11-13-26-24(16-19)23-12-10-18-6-4-5-9-22(18)27(23)32-26/h4-6,9-17,20H,1-3,7-8H2. The van der Waals surface area contributed by atoms with Gasteiger partial charge in [0.25, 0.3) is 0 Å². The summed E-state index contributed by atoms with van der Waals surface area (Å²) in [5, 5.41) is 3.69. The van der Waals surface area contributed by atoms with E-state index in [-0.39, 0.29) is 0 Å². The van der Waals surface area contributed by atoms with Crippen molar-refractivity contribution in [3.63, 3.8) is 0 Å². The number of pyridine rings is 1. The van der Waals surface area contributed by atoms with Gasteiger partial charge in [-0.3, -0.25) is 4.98 Å². The molecule has 4 radical (unpaired) electrons. The van der Waals surface area contributed by atoms with Gasteiger partial charge in [0.1, 0.15) is 11.2 Å². The van der Waals surface area contributed by atoms with E-state index in [9.17, 15) is 0 Å². The lowest BCUT2D eigenvalue weighted by molar-refractivity contribution is 0.327. The first kappa shape index (κ1) is 19.7. The van der Waals surface area contributed by atoms with Crippen molar-refractivity contribution in [3.05, 3.63) is 78.5 Å². The van der Waals surface area contributed by atoms with Gasteiger partial charge in [0, 0.05) is 27.9 Å². The zero-order chi connectivity index (χ0) is 21.7. The minimum absolute atomic E-state index is 0.306. The number of hydrogen-bond acceptors (Lipinski definition) is 2. The maximum Gasteiger partial charge on any atom is 0.143 e. The van der Waals surface area contributed by atoms with E-state index >= 15 is 0 Å². The molecule has 0 N–H and O–H groups in total. The maximum absolute atomic E-state index is 6.70. The third-order valence-corrected chi connectivity index (χ3v) is 7.20. The van der Waals surface area contributed by atoms with E-state index in [1.807, 2.05) is 24.4 Å². The summed E-state index contributed by atoms with van der Waals surface area (Å²) in [4.78, 5) is 4.65. The van der Waals surface area contributed by atoms with Gasteiger partial charge >= 0.3 is 0 Å². The van der Waals surface area contributed by atoms with Crippen molar-refractivity contribution in [1.82, 2.24) is 4.98 Å². The molecular weight excluding hydrogens is 388 g/mol. The van der Waals surface area contributed by atoms with Crippen LogP contribution in [0.5, 0.6) is 0 Å². The molecule has 0 aliphatic heterocycles. The Balaban J connectivity index is 1.45. The molecule has 0 saturated heterocycles. The van der Waals surface area contributed by atoms with E-state index in [0.717, 1.165) is 57.0 Å². The fourth-order valence-electron chi connectivity index (χ4n) is 5.34. The molecule has 5 aromatic rings. The fraction of sp³-hybridized carbons (Fsp3) is 0.250. The molecule has 1 saturated carbocycles. The van der Waals surface area contributed by atoms with Crippen molar-refractivity contribution >= 4 is 48.4 Å². The monoisotopic (exact) mass is 411 g/mol. The zero-order valence-electron chi connectivity index (χ0n) is 18.1. The van der Waals surface area contributed by atoms with Gasteiger partial charge in [0.2, 0.25) is 0 Å². The van der Waals surface area contributed by atoms with Gasteiger partial charge in [-0.1, -0.05) is 73.2 Å². The Morgan fingerprint density at radius 2 is 1.66 bits per heavy atom. The third kappa shape index (κ3) is 3.16. The normalized spacial score (nSPS) is 15.6. The highest BCUT2D eigenvalue weighted by molar-refractivity contribution is 6.40. The molecule has 0 spiro atoms. The Bertz CT molecular complexity index is 1450. The van der Waals surface area contributed by atoms with E-state index in [4.69, 9.17) is 20.1 Å². The molecule has 0 unspecified atom stereocenters. The SMILES string of the molecule is [B]C([B])(c1ccnc(-c2ccc3oc4c5ccccc5ccc4c3c2)c1)C1CCCCC1. The van der Waals surface area contributed by atoms with Crippen LogP contribution in [0, 0.1) is 5.92 Å². The molecule has 1 fully saturated rings. The van der Waals surface area contributed by atoms with Crippen LogP contribution in [0.4, 0.5) is 0 Å².